The highest BCUT2D eigenvalue weighted by Gasteiger charge is 2.18. The number of carbonyl (C=O) groups is 1. The molecule has 2 heteroatoms. The highest BCUT2D eigenvalue weighted by molar-refractivity contribution is 5.99. The minimum absolute atomic E-state index is 0.262. The zero-order chi connectivity index (χ0) is 13.2. The first kappa shape index (κ1) is 12.0. The number of para-hydroxylation sites is 1. The minimum Gasteiger partial charge on any atom is -0.496 e. The monoisotopic (exact) mass is 252 g/mol. The van der Waals surface area contributed by atoms with Crippen molar-refractivity contribution in [1.82, 2.24) is 0 Å². The topological polar surface area (TPSA) is 26.3 Å². The number of fused-ring (bicyclic) bond motifs is 1. The van der Waals surface area contributed by atoms with Crippen molar-refractivity contribution in [3.63, 3.8) is 0 Å². The van der Waals surface area contributed by atoms with Gasteiger partial charge in [0, 0.05) is 17.5 Å². The van der Waals surface area contributed by atoms with E-state index in [4.69, 9.17) is 4.74 Å². The summed E-state index contributed by atoms with van der Waals surface area (Å²) < 4.78 is 5.39. The van der Waals surface area contributed by atoms with Crippen molar-refractivity contribution in [2.75, 3.05) is 7.11 Å². The third-order valence-corrected chi connectivity index (χ3v) is 3.68. The zero-order valence-electron chi connectivity index (χ0n) is 11.0. The van der Waals surface area contributed by atoms with Crippen LogP contribution in [0.1, 0.15) is 28.8 Å². The number of hydrogen-bond donors (Lipinski definition) is 0. The van der Waals surface area contributed by atoms with Gasteiger partial charge in [0.2, 0.25) is 0 Å². The van der Waals surface area contributed by atoms with Gasteiger partial charge in [-0.2, -0.15) is 0 Å². The molecule has 96 valence electrons. The van der Waals surface area contributed by atoms with Crippen molar-refractivity contribution < 1.29 is 9.53 Å². The third kappa shape index (κ3) is 2.14. The molecule has 0 unspecified atom stereocenters. The Labute approximate surface area is 113 Å². The molecule has 2 aromatic rings. The number of benzene rings is 2. The fourth-order valence-electron chi connectivity index (χ4n) is 2.68. The van der Waals surface area contributed by atoms with Gasteiger partial charge in [-0.3, -0.25) is 4.79 Å². The van der Waals surface area contributed by atoms with Gasteiger partial charge in [0.25, 0.3) is 0 Å². The molecule has 2 aromatic carbocycles. The Hall–Kier alpha value is -2.09. The smallest absolute Gasteiger partial charge is 0.163 e. The molecule has 0 spiro atoms. The van der Waals surface area contributed by atoms with E-state index in [1.54, 1.807) is 7.11 Å². The van der Waals surface area contributed by atoms with Crippen molar-refractivity contribution in [3.8, 4) is 16.9 Å². The van der Waals surface area contributed by atoms with E-state index < -0.39 is 0 Å². The number of ether oxygens (including phenoxy) is 1. The summed E-state index contributed by atoms with van der Waals surface area (Å²) in [5.74, 6) is 1.10. The van der Waals surface area contributed by atoms with Crippen LogP contribution in [0.15, 0.2) is 42.5 Å². The van der Waals surface area contributed by atoms with Gasteiger partial charge in [-0.25, -0.2) is 0 Å². The van der Waals surface area contributed by atoms with Gasteiger partial charge in [0.05, 0.1) is 7.11 Å². The maximum absolute atomic E-state index is 12.0. The Bertz CT molecular complexity index is 629. The molecule has 2 nitrogen and oxygen atoms in total. The van der Waals surface area contributed by atoms with Crippen LogP contribution in [0.2, 0.25) is 0 Å². The number of aryl methyl sites for hydroxylation is 1. The van der Waals surface area contributed by atoms with Gasteiger partial charge in [-0.15, -0.1) is 0 Å². The fourth-order valence-corrected chi connectivity index (χ4v) is 2.68. The van der Waals surface area contributed by atoms with Gasteiger partial charge < -0.3 is 4.74 Å². The zero-order valence-corrected chi connectivity index (χ0v) is 11.0. The van der Waals surface area contributed by atoms with Crippen molar-refractivity contribution in [2.45, 2.75) is 19.3 Å². The summed E-state index contributed by atoms with van der Waals surface area (Å²) in [5, 5.41) is 0. The van der Waals surface area contributed by atoms with Crippen LogP contribution in [-0.4, -0.2) is 12.9 Å². The highest BCUT2D eigenvalue weighted by atomic mass is 16.5. The summed E-state index contributed by atoms with van der Waals surface area (Å²) in [6.07, 6.45) is 2.65. The SMILES string of the molecule is COc1ccccc1-c1ccc2c(c1)C(=O)CCC2. The number of Topliss-reactive ketones (excluding diaryl/α,β-unsaturated/α-hetero) is 1. The van der Waals surface area contributed by atoms with Crippen molar-refractivity contribution in [1.29, 1.82) is 0 Å². The fraction of sp³-hybridized carbons (Fsp3) is 0.235. The molecule has 0 N–H and O–H groups in total. The predicted octanol–water partition coefficient (Wildman–Crippen LogP) is 3.88. The summed E-state index contributed by atoms with van der Waals surface area (Å²) in [6, 6.07) is 14.1. The molecular weight excluding hydrogens is 236 g/mol. The Kier molecular flexibility index (Phi) is 3.08. The second kappa shape index (κ2) is 4.88. The van der Waals surface area contributed by atoms with Crippen LogP contribution in [-0.2, 0) is 6.42 Å². The lowest BCUT2D eigenvalue weighted by molar-refractivity contribution is 0.0972. The molecule has 0 bridgehead atoms. The summed E-state index contributed by atoms with van der Waals surface area (Å²) in [7, 11) is 1.67. The number of methoxy groups -OCH3 is 1. The standard InChI is InChI=1S/C17H16O2/c1-19-17-8-3-2-6-14(17)13-10-9-12-5-4-7-16(18)15(12)11-13/h2-3,6,8-11H,4-5,7H2,1H3. The lowest BCUT2D eigenvalue weighted by Crippen LogP contribution is -2.10. The third-order valence-electron chi connectivity index (χ3n) is 3.68. The summed E-state index contributed by atoms with van der Waals surface area (Å²) in [4.78, 5) is 12.0. The Balaban J connectivity index is 2.11. The van der Waals surface area contributed by atoms with Crippen molar-refractivity contribution >= 4 is 5.78 Å². The van der Waals surface area contributed by atoms with Crippen molar-refractivity contribution in [2.24, 2.45) is 0 Å². The lowest BCUT2D eigenvalue weighted by Gasteiger charge is -2.16. The lowest BCUT2D eigenvalue weighted by atomic mass is 9.88. The molecule has 0 amide bonds. The van der Waals surface area contributed by atoms with E-state index in [2.05, 4.69) is 12.1 Å². The average molecular weight is 252 g/mol. The normalized spacial score (nSPS) is 14.1. The Morgan fingerprint density at radius 3 is 2.68 bits per heavy atom. The molecule has 3 rings (SSSR count). The van der Waals surface area contributed by atoms with E-state index in [9.17, 15) is 4.79 Å². The largest absolute Gasteiger partial charge is 0.496 e. The van der Waals surface area contributed by atoms with Crippen LogP contribution in [0, 0.1) is 0 Å². The summed E-state index contributed by atoms with van der Waals surface area (Å²) in [5.41, 5.74) is 4.14. The van der Waals surface area contributed by atoms with E-state index >= 15 is 0 Å². The van der Waals surface area contributed by atoms with E-state index in [1.165, 1.54) is 5.56 Å². The van der Waals surface area contributed by atoms with Gasteiger partial charge in [0.1, 0.15) is 5.75 Å². The average Bonchev–Trinajstić information content (AvgIpc) is 2.47. The molecule has 0 aromatic heterocycles. The quantitative estimate of drug-likeness (QED) is 0.810. The maximum atomic E-state index is 12.0. The Morgan fingerprint density at radius 1 is 1.00 bits per heavy atom. The number of carbonyl (C=O) groups excluding carboxylic acids is 1. The second-order valence-corrected chi connectivity index (χ2v) is 4.85. The first-order valence-electron chi connectivity index (χ1n) is 6.59. The first-order chi connectivity index (χ1) is 9.29. The van der Waals surface area contributed by atoms with Gasteiger partial charge >= 0.3 is 0 Å². The molecule has 0 heterocycles. The number of ketones is 1. The minimum atomic E-state index is 0.262. The second-order valence-electron chi connectivity index (χ2n) is 4.85. The molecule has 0 saturated carbocycles. The maximum Gasteiger partial charge on any atom is 0.163 e. The van der Waals surface area contributed by atoms with E-state index in [0.717, 1.165) is 35.3 Å². The molecule has 0 atom stereocenters. The van der Waals surface area contributed by atoms with Gasteiger partial charge in [-0.1, -0.05) is 30.3 Å². The number of hydrogen-bond acceptors (Lipinski definition) is 2. The van der Waals surface area contributed by atoms with E-state index in [-0.39, 0.29) is 5.78 Å². The van der Waals surface area contributed by atoms with Crippen molar-refractivity contribution in [3.05, 3.63) is 53.6 Å². The highest BCUT2D eigenvalue weighted by Crippen LogP contribution is 2.32. The molecule has 1 aliphatic carbocycles. The van der Waals surface area contributed by atoms with Crippen LogP contribution in [0.25, 0.3) is 11.1 Å². The molecule has 0 aliphatic heterocycles. The van der Waals surface area contributed by atoms with E-state index in [1.807, 2.05) is 30.3 Å². The Morgan fingerprint density at radius 2 is 1.84 bits per heavy atom. The predicted molar refractivity (Wildman–Crippen MR) is 75.7 cm³/mol. The van der Waals surface area contributed by atoms with Crippen LogP contribution in [0.4, 0.5) is 0 Å². The molecule has 1 aliphatic rings. The van der Waals surface area contributed by atoms with Crippen LogP contribution in [0.5, 0.6) is 5.75 Å². The van der Waals surface area contributed by atoms with Crippen LogP contribution < -0.4 is 4.74 Å². The van der Waals surface area contributed by atoms with Crippen LogP contribution in [0.3, 0.4) is 0 Å². The van der Waals surface area contributed by atoms with Gasteiger partial charge in [0.15, 0.2) is 5.78 Å². The molecule has 19 heavy (non-hydrogen) atoms. The number of rotatable bonds is 2. The molecular formula is C17H16O2. The molecule has 0 fully saturated rings. The first-order valence-corrected chi connectivity index (χ1v) is 6.59. The van der Waals surface area contributed by atoms with Gasteiger partial charge in [-0.05, 0) is 36.1 Å². The summed E-state index contributed by atoms with van der Waals surface area (Å²) >= 11 is 0. The molecule has 0 saturated heterocycles. The molecule has 0 radical (unpaired) electrons. The van der Waals surface area contributed by atoms with Crippen LogP contribution >= 0.6 is 0 Å². The van der Waals surface area contributed by atoms with E-state index in [0.29, 0.717) is 6.42 Å². The summed E-state index contributed by atoms with van der Waals surface area (Å²) in [6.45, 7) is 0.